The van der Waals surface area contributed by atoms with Gasteiger partial charge in [0.2, 0.25) is 0 Å². The lowest BCUT2D eigenvalue weighted by atomic mass is 9.86. The number of carbonyl (C=O) groups excluding carboxylic acids is 1. The molecule has 0 unspecified atom stereocenters. The molecule has 42 heavy (non-hydrogen) atoms. The second kappa shape index (κ2) is 13.2. The van der Waals surface area contributed by atoms with Crippen molar-refractivity contribution in [3.05, 3.63) is 89.6 Å². The second-order valence-electron chi connectivity index (χ2n) is 11.4. The topological polar surface area (TPSA) is 106 Å². The van der Waals surface area contributed by atoms with Crippen molar-refractivity contribution < 1.29 is 9.53 Å². The van der Waals surface area contributed by atoms with Crippen molar-refractivity contribution in [1.29, 1.82) is 0 Å². The fraction of sp³-hybridized carbons (Fsp3) is 0.394. The minimum absolute atomic E-state index is 0.00809. The summed E-state index contributed by atoms with van der Waals surface area (Å²) in [5.41, 5.74) is 4.07. The van der Waals surface area contributed by atoms with Crippen molar-refractivity contribution in [1.82, 2.24) is 29.8 Å². The molecule has 9 nitrogen and oxygen atoms in total. The molecule has 4 aromatic rings. The van der Waals surface area contributed by atoms with Gasteiger partial charge in [-0.2, -0.15) is 0 Å². The van der Waals surface area contributed by atoms with Crippen molar-refractivity contribution in [2.24, 2.45) is 11.8 Å². The van der Waals surface area contributed by atoms with E-state index in [0.29, 0.717) is 36.4 Å². The SMILES string of the molecule is Cc1cccc(-c2nccc(Nc3ccnc(Cc4ccc(CN5CCC(C(=O)OCC6CCC6)CC5)cc4)n3)n2)n1. The van der Waals surface area contributed by atoms with Crippen molar-refractivity contribution >= 4 is 17.6 Å². The minimum atomic E-state index is 0.00809. The Kier molecular flexibility index (Phi) is 8.75. The number of nitrogens with one attached hydrogen (secondary N) is 1. The molecule has 0 spiro atoms. The van der Waals surface area contributed by atoms with Crippen LogP contribution in [0.3, 0.4) is 0 Å². The van der Waals surface area contributed by atoms with Gasteiger partial charge in [0.05, 0.1) is 12.5 Å². The van der Waals surface area contributed by atoms with E-state index in [1.165, 1.54) is 24.8 Å². The van der Waals surface area contributed by atoms with Crippen LogP contribution >= 0.6 is 0 Å². The smallest absolute Gasteiger partial charge is 0.309 e. The minimum Gasteiger partial charge on any atom is -0.465 e. The molecule has 0 amide bonds. The Morgan fingerprint density at radius 2 is 1.62 bits per heavy atom. The summed E-state index contributed by atoms with van der Waals surface area (Å²) in [6, 6.07) is 18.1. The van der Waals surface area contributed by atoms with E-state index in [0.717, 1.165) is 55.3 Å². The van der Waals surface area contributed by atoms with Crippen molar-refractivity contribution in [3.8, 4) is 11.5 Å². The van der Waals surface area contributed by atoms with Crippen LogP contribution in [0.25, 0.3) is 11.5 Å². The number of carbonyl (C=O) groups is 1. The van der Waals surface area contributed by atoms with Gasteiger partial charge in [0.25, 0.3) is 0 Å². The molecule has 4 heterocycles. The first-order valence-electron chi connectivity index (χ1n) is 14.9. The molecule has 2 fully saturated rings. The summed E-state index contributed by atoms with van der Waals surface area (Å²) in [7, 11) is 0. The Morgan fingerprint density at radius 1 is 0.881 bits per heavy atom. The number of likely N-dealkylation sites (tertiary alicyclic amines) is 1. The predicted octanol–water partition coefficient (Wildman–Crippen LogP) is 5.53. The second-order valence-corrected chi connectivity index (χ2v) is 11.4. The first kappa shape index (κ1) is 27.9. The number of pyridine rings is 1. The summed E-state index contributed by atoms with van der Waals surface area (Å²) in [6.07, 6.45) is 9.55. The molecule has 1 aliphatic carbocycles. The van der Waals surface area contributed by atoms with E-state index in [1.54, 1.807) is 12.4 Å². The maximum absolute atomic E-state index is 12.4. The molecular weight excluding hydrogens is 526 g/mol. The van der Waals surface area contributed by atoms with Crippen LogP contribution in [0, 0.1) is 18.8 Å². The highest BCUT2D eigenvalue weighted by Gasteiger charge is 2.27. The zero-order chi connectivity index (χ0) is 28.7. The van der Waals surface area contributed by atoms with Gasteiger partial charge in [-0.25, -0.2) is 24.9 Å². The van der Waals surface area contributed by atoms with E-state index < -0.39 is 0 Å². The summed E-state index contributed by atoms with van der Waals surface area (Å²) in [5.74, 6) is 3.27. The van der Waals surface area contributed by atoms with Crippen LogP contribution in [0.2, 0.25) is 0 Å². The van der Waals surface area contributed by atoms with E-state index in [4.69, 9.17) is 9.72 Å². The molecule has 1 aromatic carbocycles. The van der Waals surface area contributed by atoms with Crippen LogP contribution in [-0.2, 0) is 22.5 Å². The number of piperidine rings is 1. The normalized spacial score (nSPS) is 16.1. The fourth-order valence-electron chi connectivity index (χ4n) is 5.41. The molecule has 0 bridgehead atoms. The standard InChI is InChI=1S/C33H37N7O2/c1-23-4-2-7-28(36-23)32-35-17-13-30(39-32)37-29-12-16-34-31(38-29)20-24-8-10-25(11-9-24)21-40-18-14-27(15-19-40)33(41)42-22-26-5-3-6-26/h2,4,7-13,16-17,26-27H,3,5-6,14-15,18-22H2,1H3,(H,34,35,37,38,39). The molecule has 6 rings (SSSR count). The predicted molar refractivity (Wildman–Crippen MR) is 161 cm³/mol. The lowest BCUT2D eigenvalue weighted by molar-refractivity contribution is -0.152. The van der Waals surface area contributed by atoms with Gasteiger partial charge in [-0.05, 0) is 87.0 Å². The maximum atomic E-state index is 12.4. The van der Waals surface area contributed by atoms with E-state index >= 15 is 0 Å². The van der Waals surface area contributed by atoms with Crippen molar-refractivity contribution in [2.45, 2.75) is 52.0 Å². The molecule has 2 aliphatic rings. The Labute approximate surface area is 246 Å². The van der Waals surface area contributed by atoms with Crippen molar-refractivity contribution in [2.75, 3.05) is 25.0 Å². The Morgan fingerprint density at radius 3 is 2.36 bits per heavy atom. The molecule has 0 radical (unpaired) electrons. The molecule has 0 atom stereocenters. The number of aromatic nitrogens is 5. The first-order chi connectivity index (χ1) is 20.6. The number of rotatable bonds is 10. The van der Waals surface area contributed by atoms with Gasteiger partial charge in [-0.15, -0.1) is 0 Å². The van der Waals surface area contributed by atoms with Crippen LogP contribution in [0.5, 0.6) is 0 Å². The lowest BCUT2D eigenvalue weighted by Gasteiger charge is -2.31. The van der Waals surface area contributed by atoms with Gasteiger partial charge in [0.15, 0.2) is 5.82 Å². The van der Waals surface area contributed by atoms with Gasteiger partial charge >= 0.3 is 5.97 Å². The molecule has 216 valence electrons. The van der Waals surface area contributed by atoms with Gasteiger partial charge < -0.3 is 10.1 Å². The highest BCUT2D eigenvalue weighted by Crippen LogP contribution is 2.27. The third-order valence-corrected chi connectivity index (χ3v) is 8.13. The van der Waals surface area contributed by atoms with Crippen LogP contribution < -0.4 is 5.32 Å². The molecule has 1 N–H and O–H groups in total. The maximum Gasteiger partial charge on any atom is 0.309 e. The molecule has 1 saturated heterocycles. The number of aryl methyl sites for hydroxylation is 1. The number of hydrogen-bond donors (Lipinski definition) is 1. The van der Waals surface area contributed by atoms with E-state index in [1.807, 2.05) is 37.3 Å². The number of hydrogen-bond acceptors (Lipinski definition) is 9. The lowest BCUT2D eigenvalue weighted by Crippen LogP contribution is -2.37. The first-order valence-corrected chi connectivity index (χ1v) is 14.9. The van der Waals surface area contributed by atoms with E-state index in [-0.39, 0.29) is 11.9 Å². The molecular formula is C33H37N7O2. The highest BCUT2D eigenvalue weighted by atomic mass is 16.5. The third-order valence-electron chi connectivity index (χ3n) is 8.13. The van der Waals surface area contributed by atoms with Crippen LogP contribution in [0.4, 0.5) is 11.6 Å². The van der Waals surface area contributed by atoms with Gasteiger partial charge in [0.1, 0.15) is 23.2 Å². The number of nitrogens with zero attached hydrogens (tertiary/aromatic N) is 6. The Bertz CT molecular complexity index is 1500. The van der Waals surface area contributed by atoms with Gasteiger partial charge in [-0.3, -0.25) is 9.69 Å². The summed E-state index contributed by atoms with van der Waals surface area (Å²) >= 11 is 0. The van der Waals surface area contributed by atoms with Gasteiger partial charge in [0, 0.05) is 31.1 Å². The fourth-order valence-corrected chi connectivity index (χ4v) is 5.41. The van der Waals surface area contributed by atoms with Crippen LogP contribution in [0.1, 0.15) is 54.7 Å². The average Bonchev–Trinajstić information content (AvgIpc) is 2.98. The largest absolute Gasteiger partial charge is 0.465 e. The summed E-state index contributed by atoms with van der Waals surface area (Å²) in [5, 5.41) is 3.27. The van der Waals surface area contributed by atoms with Gasteiger partial charge in [-0.1, -0.05) is 36.8 Å². The number of anilines is 2. The Hall–Kier alpha value is -4.24. The summed E-state index contributed by atoms with van der Waals surface area (Å²) < 4.78 is 5.58. The molecule has 9 heteroatoms. The van der Waals surface area contributed by atoms with E-state index in [2.05, 4.69) is 54.4 Å². The highest BCUT2D eigenvalue weighted by molar-refractivity contribution is 5.72. The third kappa shape index (κ3) is 7.33. The number of benzene rings is 1. The molecule has 1 saturated carbocycles. The summed E-state index contributed by atoms with van der Waals surface area (Å²) in [6.45, 7) is 5.30. The van der Waals surface area contributed by atoms with Crippen molar-refractivity contribution in [3.63, 3.8) is 0 Å². The molecule has 3 aromatic heterocycles. The Balaban J connectivity index is 0.994. The quantitative estimate of drug-likeness (QED) is 0.249. The average molecular weight is 564 g/mol. The van der Waals surface area contributed by atoms with E-state index in [9.17, 15) is 4.79 Å². The summed E-state index contributed by atoms with van der Waals surface area (Å²) in [4.78, 5) is 37.5. The number of ether oxygens (including phenoxy) is 1. The van der Waals surface area contributed by atoms with Crippen LogP contribution in [-0.4, -0.2) is 55.5 Å². The monoisotopic (exact) mass is 563 g/mol. The van der Waals surface area contributed by atoms with Crippen LogP contribution in [0.15, 0.2) is 67.0 Å². The molecule has 1 aliphatic heterocycles. The zero-order valence-corrected chi connectivity index (χ0v) is 24.1. The number of esters is 1. The zero-order valence-electron chi connectivity index (χ0n) is 24.1.